The lowest BCUT2D eigenvalue weighted by atomic mass is 10.4. The van der Waals surface area contributed by atoms with Crippen molar-refractivity contribution in [2.45, 2.75) is 20.1 Å². The Kier molecular flexibility index (Phi) is 3.30. The molecule has 0 N–H and O–H groups in total. The van der Waals surface area contributed by atoms with Crippen molar-refractivity contribution in [3.8, 4) is 6.07 Å². The first-order chi connectivity index (χ1) is 5.88. The molecule has 4 nitrogen and oxygen atoms in total. The molecule has 64 valence electrons. The molecule has 1 rings (SSSR count). The van der Waals surface area contributed by atoms with E-state index in [9.17, 15) is 0 Å². The third kappa shape index (κ3) is 2.07. The van der Waals surface area contributed by atoms with E-state index in [0.29, 0.717) is 19.8 Å². The van der Waals surface area contributed by atoms with Crippen LogP contribution in [-0.4, -0.2) is 16.2 Å². The lowest BCUT2D eigenvalue weighted by Gasteiger charge is -2.04. The highest BCUT2D eigenvalue weighted by molar-refractivity contribution is 4.98. The number of nitrogens with zero attached hydrogens (tertiary/aromatic N) is 3. The topological polar surface area (TPSA) is 50.8 Å². The normalized spacial score (nSPS) is 9.67. The summed E-state index contributed by atoms with van der Waals surface area (Å²) in [7, 11) is 0. The first-order valence-electron chi connectivity index (χ1n) is 3.83. The Labute approximate surface area is 71.4 Å². The van der Waals surface area contributed by atoms with Crippen molar-refractivity contribution in [2.75, 3.05) is 6.61 Å². The lowest BCUT2D eigenvalue weighted by molar-refractivity contribution is 0.0861. The van der Waals surface area contributed by atoms with Crippen LogP contribution in [0, 0.1) is 11.3 Å². The summed E-state index contributed by atoms with van der Waals surface area (Å²) >= 11 is 0. The minimum absolute atomic E-state index is 0.333. The highest BCUT2D eigenvalue weighted by atomic mass is 16.5. The maximum Gasteiger partial charge on any atom is 0.124 e. The van der Waals surface area contributed by atoms with Crippen molar-refractivity contribution < 1.29 is 4.74 Å². The minimum Gasteiger partial charge on any atom is -0.361 e. The van der Waals surface area contributed by atoms with Gasteiger partial charge in [-0.3, -0.25) is 0 Å². The van der Waals surface area contributed by atoms with E-state index in [1.807, 2.05) is 23.8 Å². The second-order valence-electron chi connectivity index (χ2n) is 2.27. The molecule has 0 aromatic carbocycles. The fourth-order valence-corrected chi connectivity index (χ4v) is 0.885. The predicted octanol–water partition coefficient (Wildman–Crippen LogP) is 0.943. The Bertz CT molecular complexity index is 274. The number of ether oxygens (including phenoxy) is 1. The lowest BCUT2D eigenvalue weighted by Crippen LogP contribution is -2.05. The van der Waals surface area contributed by atoms with Gasteiger partial charge < -0.3 is 9.30 Å². The number of hydrogen-bond acceptors (Lipinski definition) is 3. The Morgan fingerprint density at radius 1 is 1.75 bits per heavy atom. The number of nitriles is 1. The zero-order valence-electron chi connectivity index (χ0n) is 7.03. The van der Waals surface area contributed by atoms with E-state index in [-0.39, 0.29) is 0 Å². The van der Waals surface area contributed by atoms with E-state index >= 15 is 0 Å². The van der Waals surface area contributed by atoms with E-state index in [2.05, 4.69) is 4.98 Å². The van der Waals surface area contributed by atoms with Gasteiger partial charge >= 0.3 is 0 Å². The number of rotatable bonds is 4. The zero-order valence-corrected chi connectivity index (χ0v) is 7.03. The molecular formula is C8H11N3O. The quantitative estimate of drug-likeness (QED) is 0.667. The van der Waals surface area contributed by atoms with Crippen molar-refractivity contribution in [1.82, 2.24) is 9.55 Å². The second kappa shape index (κ2) is 4.52. The molecule has 4 heteroatoms. The van der Waals surface area contributed by atoms with Gasteiger partial charge in [-0.1, -0.05) is 0 Å². The average Bonchev–Trinajstić information content (AvgIpc) is 2.50. The molecule has 0 saturated carbocycles. The van der Waals surface area contributed by atoms with Crippen LogP contribution in [0.15, 0.2) is 12.4 Å². The molecule has 1 aromatic rings. The standard InChI is InChI=1S/C8H11N3O/c1-2-12-7-11-6-5-10-8(11)3-4-9/h5-6H,2-3,7H2,1H3. The summed E-state index contributed by atoms with van der Waals surface area (Å²) in [5.41, 5.74) is 0. The molecule has 1 aromatic heterocycles. The Hall–Kier alpha value is -1.34. The van der Waals surface area contributed by atoms with Gasteiger partial charge in [-0.2, -0.15) is 5.26 Å². The van der Waals surface area contributed by atoms with Gasteiger partial charge in [0.2, 0.25) is 0 Å². The van der Waals surface area contributed by atoms with Crippen molar-refractivity contribution >= 4 is 0 Å². The summed E-state index contributed by atoms with van der Waals surface area (Å²) in [5.74, 6) is 0.756. The molecule has 0 unspecified atom stereocenters. The van der Waals surface area contributed by atoms with Gasteiger partial charge in [0, 0.05) is 19.0 Å². The Balaban J connectivity index is 2.58. The van der Waals surface area contributed by atoms with Crippen LogP contribution >= 0.6 is 0 Å². The van der Waals surface area contributed by atoms with Crippen molar-refractivity contribution in [1.29, 1.82) is 5.26 Å². The molecule has 0 bridgehead atoms. The number of imidazole rings is 1. The van der Waals surface area contributed by atoms with E-state index in [4.69, 9.17) is 10.00 Å². The van der Waals surface area contributed by atoms with Gasteiger partial charge in [0.15, 0.2) is 0 Å². The van der Waals surface area contributed by atoms with Crippen LogP contribution < -0.4 is 0 Å². The second-order valence-corrected chi connectivity index (χ2v) is 2.27. The van der Waals surface area contributed by atoms with E-state index in [1.54, 1.807) is 6.20 Å². The van der Waals surface area contributed by atoms with Crippen molar-refractivity contribution in [3.63, 3.8) is 0 Å². The van der Waals surface area contributed by atoms with Crippen LogP contribution in [0.2, 0.25) is 0 Å². The van der Waals surface area contributed by atoms with E-state index in [0.717, 1.165) is 5.82 Å². The number of hydrogen-bond donors (Lipinski definition) is 0. The van der Waals surface area contributed by atoms with Crippen LogP contribution in [0.5, 0.6) is 0 Å². The SMILES string of the molecule is CCOCn1ccnc1CC#N. The van der Waals surface area contributed by atoms with Gasteiger partial charge in [0.05, 0.1) is 12.5 Å². The molecule has 0 aliphatic carbocycles. The average molecular weight is 165 g/mol. The minimum atomic E-state index is 0.333. The molecule has 0 spiro atoms. The van der Waals surface area contributed by atoms with Gasteiger partial charge in [0.1, 0.15) is 12.6 Å². The van der Waals surface area contributed by atoms with Crippen LogP contribution in [-0.2, 0) is 17.9 Å². The summed E-state index contributed by atoms with van der Waals surface area (Å²) in [6, 6.07) is 2.05. The number of aromatic nitrogens is 2. The fraction of sp³-hybridized carbons (Fsp3) is 0.500. The first-order valence-corrected chi connectivity index (χ1v) is 3.83. The predicted molar refractivity (Wildman–Crippen MR) is 43.2 cm³/mol. The maximum atomic E-state index is 8.44. The van der Waals surface area contributed by atoms with Crippen LogP contribution in [0.3, 0.4) is 0 Å². The zero-order chi connectivity index (χ0) is 8.81. The molecule has 0 radical (unpaired) electrons. The van der Waals surface area contributed by atoms with Crippen molar-refractivity contribution in [3.05, 3.63) is 18.2 Å². The fourth-order valence-electron chi connectivity index (χ4n) is 0.885. The van der Waals surface area contributed by atoms with E-state index < -0.39 is 0 Å². The molecule has 0 amide bonds. The molecule has 0 atom stereocenters. The van der Waals surface area contributed by atoms with E-state index in [1.165, 1.54) is 0 Å². The maximum absolute atomic E-state index is 8.44. The summed E-state index contributed by atoms with van der Waals surface area (Å²) in [4.78, 5) is 4.02. The summed E-state index contributed by atoms with van der Waals surface area (Å²) in [6.45, 7) is 3.08. The third-order valence-corrected chi connectivity index (χ3v) is 1.47. The van der Waals surface area contributed by atoms with Gasteiger partial charge in [-0.15, -0.1) is 0 Å². The van der Waals surface area contributed by atoms with Crippen molar-refractivity contribution in [2.24, 2.45) is 0 Å². The van der Waals surface area contributed by atoms with Crippen LogP contribution in [0.4, 0.5) is 0 Å². The third-order valence-electron chi connectivity index (χ3n) is 1.47. The monoisotopic (exact) mass is 165 g/mol. The Morgan fingerprint density at radius 3 is 3.25 bits per heavy atom. The highest BCUT2D eigenvalue weighted by Crippen LogP contribution is 1.98. The molecular weight excluding hydrogens is 154 g/mol. The molecule has 1 heterocycles. The smallest absolute Gasteiger partial charge is 0.124 e. The summed E-state index contributed by atoms with van der Waals surface area (Å²) < 4.78 is 7.00. The Morgan fingerprint density at radius 2 is 2.58 bits per heavy atom. The van der Waals surface area contributed by atoms with Gasteiger partial charge in [-0.05, 0) is 6.92 Å². The molecule has 0 saturated heterocycles. The molecule has 0 aliphatic rings. The summed E-state index contributed by atoms with van der Waals surface area (Å²) in [5, 5.41) is 8.44. The molecule has 0 fully saturated rings. The van der Waals surface area contributed by atoms with Gasteiger partial charge in [0.25, 0.3) is 0 Å². The van der Waals surface area contributed by atoms with Gasteiger partial charge in [-0.25, -0.2) is 4.98 Å². The summed E-state index contributed by atoms with van der Waals surface area (Å²) in [6.07, 6.45) is 3.81. The van der Waals surface area contributed by atoms with Crippen LogP contribution in [0.1, 0.15) is 12.7 Å². The molecule has 0 aliphatic heterocycles. The molecule has 12 heavy (non-hydrogen) atoms. The highest BCUT2D eigenvalue weighted by Gasteiger charge is 1.99. The largest absolute Gasteiger partial charge is 0.361 e. The van der Waals surface area contributed by atoms with Crippen LogP contribution in [0.25, 0.3) is 0 Å². The first kappa shape index (κ1) is 8.75.